The number of ether oxygens (including phenoxy) is 3. The third-order valence-electron chi connectivity index (χ3n) is 18.4. The molecule has 7 fully saturated rings. The molecule has 3 saturated heterocycles. The molecule has 17 atom stereocenters. The lowest BCUT2D eigenvalue weighted by atomic mass is 9.39. The quantitative estimate of drug-likeness (QED) is 0.102. The number of hydrogen-bond acceptors (Lipinski definition) is 12. The molecule has 0 radical (unpaired) electrons. The third-order valence-corrected chi connectivity index (χ3v) is 18.4. The van der Waals surface area contributed by atoms with Gasteiger partial charge in [-0.2, -0.15) is 0 Å². The predicted octanol–water partition coefficient (Wildman–Crippen LogP) is 2.20. The highest BCUT2D eigenvalue weighted by Crippen LogP contribution is 2.73. The van der Waals surface area contributed by atoms with Gasteiger partial charge in [0.1, 0.15) is 18.4 Å². The number of carbonyl (C=O) groups is 2. The molecule has 5 aliphatic carbocycles. The first-order chi connectivity index (χ1) is 28.5. The number of aliphatic hydroxyl groups is 5. The molecule has 17 unspecified atom stereocenters. The van der Waals surface area contributed by atoms with E-state index in [1.54, 1.807) is 27.0 Å². The molecule has 7 N–H and O–H groups in total. The van der Waals surface area contributed by atoms with Gasteiger partial charge >= 0.3 is 0 Å². The number of rotatable bonds is 9. The molecule has 13 heteroatoms. The Hall–Kier alpha value is -1.96. The van der Waals surface area contributed by atoms with Crippen LogP contribution in [-0.2, 0) is 23.8 Å². The highest BCUT2D eigenvalue weighted by Gasteiger charge is 2.74. The van der Waals surface area contributed by atoms with E-state index in [2.05, 4.69) is 29.4 Å². The summed E-state index contributed by atoms with van der Waals surface area (Å²) in [5, 5.41) is 68.0. The molecule has 10 rings (SSSR count). The number of aliphatic hydroxyl groups excluding tert-OH is 3. The van der Waals surface area contributed by atoms with Crippen LogP contribution in [0.15, 0.2) is 11.6 Å². The van der Waals surface area contributed by atoms with Gasteiger partial charge in [0.25, 0.3) is 0 Å². The summed E-state index contributed by atoms with van der Waals surface area (Å²) in [6, 6.07) is -0.745. The van der Waals surface area contributed by atoms with E-state index in [1.165, 1.54) is 0 Å². The minimum atomic E-state index is -1.76. The highest BCUT2D eigenvalue weighted by molar-refractivity contribution is 5.96. The second kappa shape index (κ2) is 15.3. The van der Waals surface area contributed by atoms with Crippen LogP contribution >= 0.6 is 0 Å². The number of carbonyl (C=O) groups excluding carboxylic acids is 2. The summed E-state index contributed by atoms with van der Waals surface area (Å²) in [5.41, 5.74) is -5.47. The van der Waals surface area contributed by atoms with Crippen LogP contribution in [0, 0.1) is 57.2 Å². The van der Waals surface area contributed by atoms with Crippen molar-refractivity contribution in [3.05, 3.63) is 11.6 Å². The van der Waals surface area contributed by atoms with Crippen LogP contribution < -0.4 is 10.6 Å². The van der Waals surface area contributed by atoms with Gasteiger partial charge in [0.15, 0.2) is 5.78 Å². The summed E-state index contributed by atoms with van der Waals surface area (Å²) in [4.78, 5) is 31.2. The average molecular weight is 838 g/mol. The number of hydrogen-bond donors (Lipinski definition) is 7. The first-order valence-electron chi connectivity index (χ1n) is 23.3. The molecule has 0 aromatic rings. The van der Waals surface area contributed by atoms with Gasteiger partial charge in [-0.05, 0) is 101 Å². The fourth-order valence-corrected chi connectivity index (χ4v) is 15.2. The van der Waals surface area contributed by atoms with E-state index in [0.717, 1.165) is 38.5 Å². The Balaban J connectivity index is 1.14. The molecule has 13 nitrogen and oxygen atoms in total. The lowest BCUT2D eigenvalue weighted by Crippen LogP contribution is -2.68. The minimum Gasteiger partial charge on any atom is -0.392 e. The molecule has 7 bridgehead atoms. The van der Waals surface area contributed by atoms with Gasteiger partial charge in [0.2, 0.25) is 5.91 Å². The molecule has 60 heavy (non-hydrogen) atoms. The average Bonchev–Trinajstić information content (AvgIpc) is 3.47. The summed E-state index contributed by atoms with van der Waals surface area (Å²) in [6.45, 7) is 10.0. The molecular formula is C47H71N3O10. The molecule has 0 aromatic heterocycles. The standard InChI is InChI=1S/C47H71N3O10/c1-27(51)24-48-25-30-35-37-40(54)49-38(45(35)13-6-7-14-45)41(55)50-26-28(50)10-8-15-46-19-18-43(3)33(44(4,56)39(53)36(30)60-37)12-17-47(43,57)34(46)23-32(52)31-22-29(11-16-42(31,46)2)59-21-9-20-58-5/h23,27-31,33,35-40,48-49,51,53-54,56-57H,6-7,9-14,16-22,24-26H2,1-5H3. The number of amides is 1. The van der Waals surface area contributed by atoms with E-state index < -0.39 is 81.4 Å². The highest BCUT2D eigenvalue weighted by atomic mass is 16.5. The fourth-order valence-electron chi connectivity index (χ4n) is 15.2. The van der Waals surface area contributed by atoms with Crippen LogP contribution in [-0.4, -0.2) is 142 Å². The van der Waals surface area contributed by atoms with Gasteiger partial charge in [0, 0.05) is 75.0 Å². The monoisotopic (exact) mass is 838 g/mol. The van der Waals surface area contributed by atoms with Crippen molar-refractivity contribution in [2.45, 2.75) is 171 Å². The number of ketones is 1. The summed E-state index contributed by atoms with van der Waals surface area (Å²) in [6.07, 6.45) is 5.29. The van der Waals surface area contributed by atoms with Crippen LogP contribution in [0.4, 0.5) is 0 Å². The Morgan fingerprint density at radius 3 is 2.52 bits per heavy atom. The molecule has 0 aromatic carbocycles. The summed E-state index contributed by atoms with van der Waals surface area (Å²) in [5.74, 6) is 5.67. The minimum absolute atomic E-state index is 0.00976. The fraction of sp³-hybridized carbons (Fsp3) is 0.872. The molecule has 10 aliphatic rings. The summed E-state index contributed by atoms with van der Waals surface area (Å²) in [7, 11) is 1.68. The summed E-state index contributed by atoms with van der Waals surface area (Å²) < 4.78 is 18.4. The number of methoxy groups -OCH3 is 1. The Kier molecular flexibility index (Phi) is 11.1. The van der Waals surface area contributed by atoms with Crippen molar-refractivity contribution >= 4 is 11.7 Å². The van der Waals surface area contributed by atoms with Gasteiger partial charge in [-0.15, -0.1) is 5.92 Å². The first-order valence-corrected chi connectivity index (χ1v) is 23.3. The van der Waals surface area contributed by atoms with Crippen LogP contribution in [0.25, 0.3) is 0 Å². The van der Waals surface area contributed by atoms with Crippen LogP contribution in [0.1, 0.15) is 111 Å². The number of nitrogens with one attached hydrogen (secondary N) is 2. The Bertz CT molecular complexity index is 1790. The third kappa shape index (κ3) is 6.23. The van der Waals surface area contributed by atoms with Crippen LogP contribution in [0.5, 0.6) is 0 Å². The van der Waals surface area contributed by atoms with E-state index in [0.29, 0.717) is 83.4 Å². The molecule has 1 amide bonds. The zero-order chi connectivity index (χ0) is 42.6. The number of piperidine rings is 1. The lowest BCUT2D eigenvalue weighted by molar-refractivity contribution is -0.206. The Morgan fingerprint density at radius 1 is 1.02 bits per heavy atom. The van der Waals surface area contributed by atoms with Crippen molar-refractivity contribution in [3.8, 4) is 11.8 Å². The van der Waals surface area contributed by atoms with Gasteiger partial charge in [0.05, 0.1) is 47.0 Å². The number of fused-ring (bicyclic) bond motifs is 4. The van der Waals surface area contributed by atoms with Gasteiger partial charge in [-0.25, -0.2) is 0 Å². The Morgan fingerprint density at radius 2 is 1.78 bits per heavy atom. The molecule has 5 aliphatic heterocycles. The predicted molar refractivity (Wildman–Crippen MR) is 221 cm³/mol. The molecule has 2 spiro atoms. The zero-order valence-corrected chi connectivity index (χ0v) is 36.5. The second-order valence-corrected chi connectivity index (χ2v) is 21.4. The maximum atomic E-state index is 14.8. The number of nitrogens with zero attached hydrogens (tertiary/aromatic N) is 1. The van der Waals surface area contributed by atoms with E-state index in [-0.39, 0.29) is 35.7 Å². The normalized spacial score (nSPS) is 49.4. The van der Waals surface area contributed by atoms with Crippen molar-refractivity contribution in [3.63, 3.8) is 0 Å². The van der Waals surface area contributed by atoms with Gasteiger partial charge in [-0.3, -0.25) is 14.9 Å². The molecule has 334 valence electrons. The van der Waals surface area contributed by atoms with Crippen molar-refractivity contribution in [1.29, 1.82) is 0 Å². The van der Waals surface area contributed by atoms with Gasteiger partial charge in [-0.1, -0.05) is 32.6 Å². The van der Waals surface area contributed by atoms with Crippen molar-refractivity contribution in [1.82, 2.24) is 15.5 Å². The topological polar surface area (TPSA) is 190 Å². The smallest absolute Gasteiger partial charge is 0.240 e. The van der Waals surface area contributed by atoms with Crippen molar-refractivity contribution < 1.29 is 49.3 Å². The Labute approximate surface area is 355 Å². The SMILES string of the molecule is COCCCOC1CCC2(C)C(C1)C(=O)C=C1C3(O)CCC4C(C)(O)C(O)C5OC6C(O)NC(C(=O)N7CC7CC#CC12CCC43C)C1(CCCC1)C6C5CNCC(C)O. The zero-order valence-electron chi connectivity index (χ0n) is 36.5. The van der Waals surface area contributed by atoms with Crippen molar-refractivity contribution in [2.24, 2.45) is 45.3 Å². The van der Waals surface area contributed by atoms with Crippen LogP contribution in [0.2, 0.25) is 0 Å². The van der Waals surface area contributed by atoms with E-state index >= 15 is 0 Å². The molecular weight excluding hydrogens is 767 g/mol. The maximum Gasteiger partial charge on any atom is 0.240 e. The maximum absolute atomic E-state index is 14.8. The molecule has 5 heterocycles. The van der Waals surface area contributed by atoms with Crippen molar-refractivity contribution in [2.75, 3.05) is 40.0 Å². The number of allylic oxidation sites excluding steroid dienone is 1. The first kappa shape index (κ1) is 43.3. The molecule has 4 saturated carbocycles. The van der Waals surface area contributed by atoms with E-state index in [1.807, 2.05) is 11.8 Å². The largest absolute Gasteiger partial charge is 0.392 e. The van der Waals surface area contributed by atoms with Gasteiger partial charge < -0.3 is 50.0 Å². The lowest BCUT2D eigenvalue weighted by Gasteiger charge is -2.64. The van der Waals surface area contributed by atoms with E-state index in [4.69, 9.17) is 14.2 Å². The van der Waals surface area contributed by atoms with E-state index in [9.17, 15) is 35.1 Å². The second-order valence-electron chi connectivity index (χ2n) is 21.4. The van der Waals surface area contributed by atoms with Crippen LogP contribution in [0.3, 0.4) is 0 Å². The summed E-state index contributed by atoms with van der Waals surface area (Å²) >= 11 is 0.